The molecule has 86 valence electrons. The fourth-order valence-corrected chi connectivity index (χ4v) is 2.73. The van der Waals surface area contributed by atoms with Crippen LogP contribution in [0.3, 0.4) is 0 Å². The van der Waals surface area contributed by atoms with Crippen LogP contribution in [-0.4, -0.2) is 7.38 Å². The van der Waals surface area contributed by atoms with Crippen molar-refractivity contribution in [2.75, 3.05) is 0 Å². The number of hydrogen-bond acceptors (Lipinski definition) is 0. The SMILES string of the molecule is CCCC[Si](C)(C)Cl.Cc1ccccc1. The molecule has 0 saturated heterocycles. The quantitative estimate of drug-likeness (QED) is 0.503. The van der Waals surface area contributed by atoms with Crippen molar-refractivity contribution in [3.8, 4) is 0 Å². The van der Waals surface area contributed by atoms with Crippen LogP contribution >= 0.6 is 11.1 Å². The van der Waals surface area contributed by atoms with Gasteiger partial charge in [-0.25, -0.2) is 0 Å². The van der Waals surface area contributed by atoms with E-state index in [1.807, 2.05) is 18.2 Å². The minimum atomic E-state index is -1.21. The maximum absolute atomic E-state index is 6.05. The molecule has 0 aliphatic heterocycles. The van der Waals surface area contributed by atoms with Crippen molar-refractivity contribution in [3.05, 3.63) is 35.9 Å². The molecule has 0 unspecified atom stereocenters. The molecule has 0 aliphatic carbocycles. The van der Waals surface area contributed by atoms with Gasteiger partial charge in [-0.3, -0.25) is 0 Å². The summed E-state index contributed by atoms with van der Waals surface area (Å²) in [5, 5.41) is 0. The predicted octanol–water partition coefficient (Wildman–Crippen LogP) is 5.23. The van der Waals surface area contributed by atoms with Gasteiger partial charge in [0.25, 0.3) is 0 Å². The number of aryl methyl sites for hydroxylation is 1. The summed E-state index contributed by atoms with van der Waals surface area (Å²) < 4.78 is 0. The van der Waals surface area contributed by atoms with Crippen LogP contribution in [0.15, 0.2) is 30.3 Å². The van der Waals surface area contributed by atoms with Crippen molar-refractivity contribution < 1.29 is 0 Å². The monoisotopic (exact) mass is 242 g/mol. The second-order valence-corrected chi connectivity index (χ2v) is 11.5. The molecule has 0 N–H and O–H groups in total. The molecule has 0 nitrogen and oxygen atoms in total. The summed E-state index contributed by atoms with van der Waals surface area (Å²) in [6, 6.07) is 11.5. The number of benzene rings is 1. The zero-order valence-electron chi connectivity index (χ0n) is 10.4. The number of halogens is 1. The Morgan fingerprint density at radius 1 is 1.13 bits per heavy atom. The Labute approximate surface area is 100 Å². The van der Waals surface area contributed by atoms with Gasteiger partial charge in [-0.05, 0) is 13.0 Å². The molecule has 0 amide bonds. The number of hydrogen-bond donors (Lipinski definition) is 0. The molecular formula is C13H23ClSi. The highest BCUT2D eigenvalue weighted by Crippen LogP contribution is 2.16. The zero-order valence-corrected chi connectivity index (χ0v) is 12.1. The van der Waals surface area contributed by atoms with Crippen molar-refractivity contribution in [3.63, 3.8) is 0 Å². The summed E-state index contributed by atoms with van der Waals surface area (Å²) in [7, 11) is -1.21. The molecule has 1 rings (SSSR count). The van der Waals surface area contributed by atoms with Gasteiger partial charge in [0.2, 0.25) is 0 Å². The average molecular weight is 243 g/mol. The zero-order chi connectivity index (χ0) is 11.7. The highest BCUT2D eigenvalue weighted by Gasteiger charge is 2.14. The predicted molar refractivity (Wildman–Crippen MR) is 74.2 cm³/mol. The maximum Gasteiger partial charge on any atom is 0.150 e. The Morgan fingerprint density at radius 3 is 1.87 bits per heavy atom. The molecule has 0 saturated carbocycles. The standard InChI is InChI=1S/C7H8.C6H15ClSi/c1-7-5-3-2-4-6-7;1-4-5-6-8(2,3)7/h2-6H,1H3;4-6H2,1-3H3. The van der Waals surface area contributed by atoms with Crippen LogP contribution in [0, 0.1) is 6.92 Å². The molecule has 0 atom stereocenters. The molecule has 0 aromatic heterocycles. The normalized spacial score (nSPS) is 10.5. The van der Waals surface area contributed by atoms with Crippen molar-refractivity contribution in [1.29, 1.82) is 0 Å². The van der Waals surface area contributed by atoms with E-state index in [-0.39, 0.29) is 0 Å². The maximum atomic E-state index is 6.05. The number of rotatable bonds is 3. The van der Waals surface area contributed by atoms with E-state index in [1.54, 1.807) is 0 Å². The van der Waals surface area contributed by atoms with Crippen LogP contribution in [0.1, 0.15) is 25.3 Å². The molecule has 15 heavy (non-hydrogen) atoms. The lowest BCUT2D eigenvalue weighted by Crippen LogP contribution is -2.14. The van der Waals surface area contributed by atoms with E-state index < -0.39 is 7.38 Å². The van der Waals surface area contributed by atoms with Crippen LogP contribution in [-0.2, 0) is 0 Å². The summed E-state index contributed by atoms with van der Waals surface area (Å²) in [4.78, 5) is 0. The van der Waals surface area contributed by atoms with E-state index in [4.69, 9.17) is 11.1 Å². The van der Waals surface area contributed by atoms with Crippen molar-refractivity contribution in [1.82, 2.24) is 0 Å². The third-order valence-electron chi connectivity index (χ3n) is 2.07. The Balaban J connectivity index is 0.000000262. The van der Waals surface area contributed by atoms with Gasteiger partial charge in [-0.2, -0.15) is 11.1 Å². The molecule has 2 heteroatoms. The second-order valence-electron chi connectivity index (χ2n) is 4.48. The Morgan fingerprint density at radius 2 is 1.67 bits per heavy atom. The molecule has 0 fully saturated rings. The van der Waals surface area contributed by atoms with Crippen molar-refractivity contribution in [2.45, 2.75) is 45.8 Å². The van der Waals surface area contributed by atoms with E-state index in [9.17, 15) is 0 Å². The third-order valence-corrected chi connectivity index (χ3v) is 4.17. The van der Waals surface area contributed by atoms with Gasteiger partial charge in [0.05, 0.1) is 0 Å². The first-order chi connectivity index (χ1) is 6.95. The molecule has 0 aliphatic rings. The van der Waals surface area contributed by atoms with E-state index >= 15 is 0 Å². The minimum Gasteiger partial charge on any atom is -0.168 e. The van der Waals surface area contributed by atoms with E-state index in [0.717, 1.165) is 0 Å². The van der Waals surface area contributed by atoms with E-state index in [0.29, 0.717) is 0 Å². The Bertz CT molecular complexity index is 238. The summed E-state index contributed by atoms with van der Waals surface area (Å²) in [6.07, 6.45) is 2.59. The molecule has 0 bridgehead atoms. The van der Waals surface area contributed by atoms with Gasteiger partial charge in [-0.15, -0.1) is 0 Å². The largest absolute Gasteiger partial charge is 0.168 e. The highest BCUT2D eigenvalue weighted by molar-refractivity contribution is 7.19. The van der Waals surface area contributed by atoms with Crippen molar-refractivity contribution in [2.24, 2.45) is 0 Å². The summed E-state index contributed by atoms with van der Waals surface area (Å²) >= 11 is 6.05. The van der Waals surface area contributed by atoms with E-state index in [2.05, 4.69) is 39.1 Å². The lowest BCUT2D eigenvalue weighted by molar-refractivity contribution is 0.873. The fourth-order valence-electron chi connectivity index (χ4n) is 1.13. The first-order valence-corrected chi connectivity index (χ1v) is 9.88. The van der Waals surface area contributed by atoms with Crippen LogP contribution in [0.2, 0.25) is 19.1 Å². The average Bonchev–Trinajstić information content (AvgIpc) is 2.16. The van der Waals surface area contributed by atoms with Gasteiger partial charge < -0.3 is 0 Å². The lowest BCUT2D eigenvalue weighted by Gasteiger charge is -2.10. The Kier molecular flexibility index (Phi) is 7.80. The lowest BCUT2D eigenvalue weighted by atomic mass is 10.2. The van der Waals surface area contributed by atoms with Crippen LogP contribution in [0.4, 0.5) is 0 Å². The van der Waals surface area contributed by atoms with Crippen LogP contribution in [0.25, 0.3) is 0 Å². The third kappa shape index (κ3) is 11.7. The first-order valence-electron chi connectivity index (χ1n) is 5.66. The molecule has 0 radical (unpaired) electrons. The highest BCUT2D eigenvalue weighted by atomic mass is 35.6. The molecular weight excluding hydrogens is 220 g/mol. The van der Waals surface area contributed by atoms with E-state index in [1.165, 1.54) is 24.4 Å². The summed E-state index contributed by atoms with van der Waals surface area (Å²) in [5.41, 5.74) is 1.32. The fraction of sp³-hybridized carbons (Fsp3) is 0.538. The second kappa shape index (κ2) is 7.95. The molecule has 1 aromatic carbocycles. The van der Waals surface area contributed by atoms with Gasteiger partial charge in [0.1, 0.15) is 7.38 Å². The van der Waals surface area contributed by atoms with Crippen molar-refractivity contribution >= 4 is 18.5 Å². The van der Waals surface area contributed by atoms with Gasteiger partial charge >= 0.3 is 0 Å². The van der Waals surface area contributed by atoms with Gasteiger partial charge in [0.15, 0.2) is 0 Å². The first kappa shape index (κ1) is 14.7. The molecule has 1 aromatic rings. The Hall–Kier alpha value is -0.273. The minimum absolute atomic E-state index is 1.21. The van der Waals surface area contributed by atoms with Gasteiger partial charge in [-0.1, -0.05) is 68.8 Å². The molecule has 0 spiro atoms. The topological polar surface area (TPSA) is 0 Å². The summed E-state index contributed by atoms with van der Waals surface area (Å²) in [6.45, 7) is 8.69. The van der Waals surface area contributed by atoms with Crippen LogP contribution < -0.4 is 0 Å². The molecule has 0 heterocycles. The smallest absolute Gasteiger partial charge is 0.150 e. The van der Waals surface area contributed by atoms with Gasteiger partial charge in [0, 0.05) is 0 Å². The summed E-state index contributed by atoms with van der Waals surface area (Å²) in [5.74, 6) is 0. The number of unbranched alkanes of at least 4 members (excludes halogenated alkanes) is 1. The van der Waals surface area contributed by atoms with Crippen LogP contribution in [0.5, 0.6) is 0 Å².